The van der Waals surface area contributed by atoms with Crippen LogP contribution < -0.4 is 5.32 Å². The van der Waals surface area contributed by atoms with Crippen molar-refractivity contribution < 1.29 is 29.7 Å². The summed E-state index contributed by atoms with van der Waals surface area (Å²) in [5, 5.41) is 29.8. The van der Waals surface area contributed by atoms with Crippen molar-refractivity contribution in [2.24, 2.45) is 0 Å². The van der Waals surface area contributed by atoms with Crippen molar-refractivity contribution in [2.75, 3.05) is 6.54 Å². The van der Waals surface area contributed by atoms with E-state index in [4.69, 9.17) is 5.11 Å². The predicted molar refractivity (Wildman–Crippen MR) is 63.0 cm³/mol. The SMILES string of the molecule is CC(=O)N1CC(O)C[C@H]1C(=O)N[C@H](C(=O)O)[C@@H](C)O. The van der Waals surface area contributed by atoms with Crippen molar-refractivity contribution >= 4 is 17.8 Å². The van der Waals surface area contributed by atoms with Crippen LogP contribution in [0.1, 0.15) is 20.3 Å². The Bertz CT molecular complexity index is 383. The largest absolute Gasteiger partial charge is 0.480 e. The molecule has 0 saturated carbocycles. The summed E-state index contributed by atoms with van der Waals surface area (Å²) in [5.41, 5.74) is 0. The molecule has 2 amide bonds. The van der Waals surface area contributed by atoms with Gasteiger partial charge < -0.3 is 25.5 Å². The first kappa shape index (κ1) is 15.4. The number of β-amino-alcohol motifs (C(OH)–C–C–N with tert-alkyl or cyclic N) is 1. The third kappa shape index (κ3) is 3.65. The molecular formula is C11H18N2O6. The van der Waals surface area contributed by atoms with Gasteiger partial charge in [-0.2, -0.15) is 0 Å². The number of carboxylic acids is 1. The number of hydrogen-bond acceptors (Lipinski definition) is 5. The van der Waals surface area contributed by atoms with Gasteiger partial charge in [-0.3, -0.25) is 9.59 Å². The first-order valence-electron chi connectivity index (χ1n) is 5.90. The van der Waals surface area contributed by atoms with Crippen LogP contribution in [0, 0.1) is 0 Å². The molecule has 0 aromatic carbocycles. The molecule has 8 nitrogen and oxygen atoms in total. The van der Waals surface area contributed by atoms with Crippen LogP contribution >= 0.6 is 0 Å². The van der Waals surface area contributed by atoms with Crippen molar-refractivity contribution in [1.82, 2.24) is 10.2 Å². The molecule has 1 unspecified atom stereocenters. The fourth-order valence-electron chi connectivity index (χ4n) is 2.05. The fraction of sp³-hybridized carbons (Fsp3) is 0.727. The molecule has 8 heteroatoms. The number of aliphatic hydroxyl groups excluding tert-OH is 2. The Morgan fingerprint density at radius 3 is 2.37 bits per heavy atom. The monoisotopic (exact) mass is 274 g/mol. The van der Waals surface area contributed by atoms with Gasteiger partial charge in [0.1, 0.15) is 6.04 Å². The first-order valence-corrected chi connectivity index (χ1v) is 5.90. The number of likely N-dealkylation sites (tertiary alicyclic amines) is 1. The van der Waals surface area contributed by atoms with Crippen LogP contribution in [0.5, 0.6) is 0 Å². The maximum absolute atomic E-state index is 11.9. The normalized spacial score (nSPS) is 25.8. The van der Waals surface area contributed by atoms with Crippen molar-refractivity contribution in [3.8, 4) is 0 Å². The average Bonchev–Trinajstić information content (AvgIpc) is 2.67. The number of hydrogen-bond donors (Lipinski definition) is 4. The number of carboxylic acid groups (broad SMARTS) is 1. The van der Waals surface area contributed by atoms with Gasteiger partial charge >= 0.3 is 5.97 Å². The molecule has 0 bridgehead atoms. The zero-order chi connectivity index (χ0) is 14.7. The van der Waals surface area contributed by atoms with Crippen LogP contribution in [0.3, 0.4) is 0 Å². The Morgan fingerprint density at radius 1 is 1.37 bits per heavy atom. The molecule has 4 N–H and O–H groups in total. The van der Waals surface area contributed by atoms with E-state index in [-0.39, 0.29) is 18.9 Å². The third-order valence-corrected chi connectivity index (χ3v) is 3.03. The molecule has 19 heavy (non-hydrogen) atoms. The van der Waals surface area contributed by atoms with E-state index in [1.165, 1.54) is 18.7 Å². The van der Waals surface area contributed by atoms with Gasteiger partial charge in [-0.15, -0.1) is 0 Å². The summed E-state index contributed by atoms with van der Waals surface area (Å²) in [6, 6.07) is -2.35. The maximum atomic E-state index is 11.9. The highest BCUT2D eigenvalue weighted by molar-refractivity contribution is 5.90. The summed E-state index contributed by atoms with van der Waals surface area (Å²) >= 11 is 0. The van der Waals surface area contributed by atoms with Gasteiger partial charge in [-0.1, -0.05) is 0 Å². The van der Waals surface area contributed by atoms with Crippen LogP contribution in [0.4, 0.5) is 0 Å². The van der Waals surface area contributed by atoms with Crippen molar-refractivity contribution in [1.29, 1.82) is 0 Å². The number of aliphatic carboxylic acids is 1. The van der Waals surface area contributed by atoms with Crippen molar-refractivity contribution in [2.45, 2.75) is 44.6 Å². The molecular weight excluding hydrogens is 256 g/mol. The molecule has 4 atom stereocenters. The van der Waals surface area contributed by atoms with Gasteiger partial charge in [0.25, 0.3) is 0 Å². The minimum Gasteiger partial charge on any atom is -0.480 e. The second kappa shape index (κ2) is 5.98. The summed E-state index contributed by atoms with van der Waals surface area (Å²) in [6.07, 6.45) is -2.02. The molecule has 108 valence electrons. The van der Waals surface area contributed by atoms with Crippen LogP contribution in [-0.4, -0.2) is 68.8 Å². The number of amides is 2. The molecule has 0 aromatic heterocycles. The second-order valence-electron chi connectivity index (χ2n) is 4.64. The Morgan fingerprint density at radius 2 is 1.95 bits per heavy atom. The number of nitrogens with one attached hydrogen (secondary N) is 1. The van der Waals surface area contributed by atoms with E-state index < -0.39 is 36.2 Å². The summed E-state index contributed by atoms with van der Waals surface area (Å²) in [7, 11) is 0. The lowest BCUT2D eigenvalue weighted by molar-refractivity contribution is -0.146. The summed E-state index contributed by atoms with van der Waals surface area (Å²) < 4.78 is 0. The minimum atomic E-state index is -1.45. The van der Waals surface area contributed by atoms with E-state index >= 15 is 0 Å². The van der Waals surface area contributed by atoms with Crippen LogP contribution in [0.2, 0.25) is 0 Å². The third-order valence-electron chi connectivity index (χ3n) is 3.03. The van der Waals surface area contributed by atoms with E-state index in [1.807, 2.05) is 0 Å². The molecule has 0 aromatic rings. The Labute approximate surface area is 110 Å². The molecule has 1 saturated heterocycles. The zero-order valence-corrected chi connectivity index (χ0v) is 10.7. The molecule has 1 rings (SSSR count). The summed E-state index contributed by atoms with van der Waals surface area (Å²) in [6.45, 7) is 2.55. The average molecular weight is 274 g/mol. The number of aliphatic hydroxyl groups is 2. The smallest absolute Gasteiger partial charge is 0.328 e. The molecule has 0 spiro atoms. The standard InChI is InChI=1S/C11H18N2O6/c1-5(14)9(11(18)19)12-10(17)8-3-7(16)4-13(8)6(2)15/h5,7-9,14,16H,3-4H2,1-2H3,(H,12,17)(H,18,19)/t5-,7?,8+,9+/m1/s1. The molecule has 0 radical (unpaired) electrons. The number of nitrogens with zero attached hydrogens (tertiary/aromatic N) is 1. The van der Waals surface area contributed by atoms with Gasteiger partial charge in [0, 0.05) is 19.9 Å². The lowest BCUT2D eigenvalue weighted by Crippen LogP contribution is -2.53. The Kier molecular flexibility index (Phi) is 4.84. The topological polar surface area (TPSA) is 127 Å². The highest BCUT2D eigenvalue weighted by atomic mass is 16.4. The summed E-state index contributed by atoms with van der Waals surface area (Å²) in [4.78, 5) is 35.3. The number of carbonyl (C=O) groups is 3. The molecule has 1 heterocycles. The Balaban J connectivity index is 2.76. The lowest BCUT2D eigenvalue weighted by Gasteiger charge is -2.24. The van der Waals surface area contributed by atoms with E-state index in [0.29, 0.717) is 0 Å². The van der Waals surface area contributed by atoms with Crippen LogP contribution in [0.25, 0.3) is 0 Å². The van der Waals surface area contributed by atoms with Crippen LogP contribution in [-0.2, 0) is 14.4 Å². The van der Waals surface area contributed by atoms with Crippen molar-refractivity contribution in [3.05, 3.63) is 0 Å². The minimum absolute atomic E-state index is 0.0415. The summed E-state index contributed by atoms with van der Waals surface area (Å²) in [5.74, 6) is -2.43. The van der Waals surface area contributed by atoms with Gasteiger partial charge in [-0.05, 0) is 6.92 Å². The van der Waals surface area contributed by atoms with Gasteiger partial charge in [-0.25, -0.2) is 4.79 Å². The zero-order valence-electron chi connectivity index (χ0n) is 10.7. The van der Waals surface area contributed by atoms with Crippen molar-refractivity contribution in [3.63, 3.8) is 0 Å². The molecule has 1 aliphatic heterocycles. The quantitative estimate of drug-likeness (QED) is 0.466. The highest BCUT2D eigenvalue weighted by Crippen LogP contribution is 2.18. The second-order valence-corrected chi connectivity index (χ2v) is 4.64. The molecule has 1 aliphatic rings. The van der Waals surface area contributed by atoms with E-state index in [0.717, 1.165) is 0 Å². The molecule has 0 aliphatic carbocycles. The van der Waals surface area contributed by atoms with E-state index in [1.54, 1.807) is 0 Å². The molecule has 1 fully saturated rings. The predicted octanol–water partition coefficient (Wildman–Crippen LogP) is -2.08. The van der Waals surface area contributed by atoms with Gasteiger partial charge in [0.15, 0.2) is 6.04 Å². The maximum Gasteiger partial charge on any atom is 0.328 e. The Hall–Kier alpha value is -1.67. The first-order chi connectivity index (χ1) is 8.73. The number of rotatable bonds is 4. The van der Waals surface area contributed by atoms with Gasteiger partial charge in [0.05, 0.1) is 12.2 Å². The van der Waals surface area contributed by atoms with E-state index in [9.17, 15) is 24.6 Å². The van der Waals surface area contributed by atoms with Gasteiger partial charge in [0.2, 0.25) is 11.8 Å². The highest BCUT2D eigenvalue weighted by Gasteiger charge is 2.39. The fourth-order valence-corrected chi connectivity index (χ4v) is 2.05. The van der Waals surface area contributed by atoms with E-state index in [2.05, 4.69) is 5.32 Å². The van der Waals surface area contributed by atoms with Crippen LogP contribution in [0.15, 0.2) is 0 Å². The number of carbonyl (C=O) groups excluding carboxylic acids is 2. The lowest BCUT2D eigenvalue weighted by atomic mass is 10.1.